The van der Waals surface area contributed by atoms with Gasteiger partial charge >= 0.3 is 5.97 Å². The molecule has 3 N–H and O–H groups in total. The molecule has 28 heavy (non-hydrogen) atoms. The summed E-state index contributed by atoms with van der Waals surface area (Å²) in [6, 6.07) is 17.7. The first-order valence-electron chi connectivity index (χ1n) is 8.74. The van der Waals surface area contributed by atoms with Gasteiger partial charge in [-0.25, -0.2) is 9.18 Å². The van der Waals surface area contributed by atoms with Crippen LogP contribution in [0.2, 0.25) is 0 Å². The first kappa shape index (κ1) is 17.7. The van der Waals surface area contributed by atoms with Crippen molar-refractivity contribution in [1.82, 2.24) is 4.57 Å². The molecule has 0 radical (unpaired) electrons. The number of halogens is 1. The first-order chi connectivity index (χ1) is 13.5. The third-order valence-corrected chi connectivity index (χ3v) is 4.89. The van der Waals surface area contributed by atoms with Crippen molar-refractivity contribution in [2.75, 3.05) is 0 Å². The summed E-state index contributed by atoms with van der Waals surface area (Å²) in [5.41, 5.74) is 6.97. The maximum Gasteiger partial charge on any atom is 0.352 e. The Bertz CT molecular complexity index is 1240. The van der Waals surface area contributed by atoms with Crippen molar-refractivity contribution < 1.29 is 19.1 Å². The highest BCUT2D eigenvalue weighted by Gasteiger charge is 2.24. The van der Waals surface area contributed by atoms with E-state index in [-0.39, 0.29) is 24.2 Å². The van der Waals surface area contributed by atoms with Crippen molar-refractivity contribution in [3.63, 3.8) is 0 Å². The van der Waals surface area contributed by atoms with Gasteiger partial charge in [-0.3, -0.25) is 4.79 Å². The molecule has 0 saturated heterocycles. The van der Waals surface area contributed by atoms with Crippen LogP contribution in [0, 0.1) is 5.82 Å². The number of nitrogens with zero attached hydrogens (tertiary/aromatic N) is 1. The van der Waals surface area contributed by atoms with Gasteiger partial charge in [0.1, 0.15) is 11.5 Å². The predicted molar refractivity (Wildman–Crippen MR) is 105 cm³/mol. The number of hydrogen-bond acceptors (Lipinski definition) is 2. The van der Waals surface area contributed by atoms with Crippen LogP contribution in [0.15, 0.2) is 60.7 Å². The quantitative estimate of drug-likeness (QED) is 0.557. The van der Waals surface area contributed by atoms with E-state index in [9.17, 15) is 19.1 Å². The number of aromatic nitrogens is 1. The van der Waals surface area contributed by atoms with Gasteiger partial charge in [-0.05, 0) is 34.5 Å². The lowest BCUT2D eigenvalue weighted by Gasteiger charge is -2.12. The van der Waals surface area contributed by atoms with E-state index in [1.807, 2.05) is 42.5 Å². The normalized spacial score (nSPS) is 11.2. The van der Waals surface area contributed by atoms with Crippen LogP contribution >= 0.6 is 0 Å². The fourth-order valence-corrected chi connectivity index (χ4v) is 3.76. The fourth-order valence-electron chi connectivity index (χ4n) is 3.76. The van der Waals surface area contributed by atoms with Gasteiger partial charge < -0.3 is 15.4 Å². The van der Waals surface area contributed by atoms with Gasteiger partial charge in [-0.2, -0.15) is 0 Å². The molecule has 0 aliphatic carbocycles. The summed E-state index contributed by atoms with van der Waals surface area (Å²) >= 11 is 0. The van der Waals surface area contributed by atoms with Crippen molar-refractivity contribution >= 4 is 33.6 Å². The standard InChI is InChI=1S/C22H17FN2O3/c23-15-8-9-19-17(10-15)18(11-20(24)26)21(22(27)28)25(19)12-14-6-3-5-13-4-1-2-7-16(13)14/h1-10H,11-12H2,(H2,24,26)(H,27,28). The molecule has 0 bridgehead atoms. The summed E-state index contributed by atoms with van der Waals surface area (Å²) < 4.78 is 15.5. The number of nitrogens with two attached hydrogens (primary N) is 1. The van der Waals surface area contributed by atoms with Gasteiger partial charge in [-0.15, -0.1) is 0 Å². The number of carbonyl (C=O) groups excluding carboxylic acids is 1. The zero-order valence-corrected chi connectivity index (χ0v) is 14.9. The molecule has 1 amide bonds. The number of carboxylic acids is 1. The molecule has 0 spiro atoms. The van der Waals surface area contributed by atoms with Gasteiger partial charge in [0.2, 0.25) is 5.91 Å². The van der Waals surface area contributed by atoms with Gasteiger partial charge in [-0.1, -0.05) is 42.5 Å². The first-order valence-corrected chi connectivity index (χ1v) is 8.74. The molecule has 0 aliphatic rings. The lowest BCUT2D eigenvalue weighted by Crippen LogP contribution is -2.17. The number of primary amides is 1. The molecular formula is C22H17FN2O3. The third-order valence-electron chi connectivity index (χ3n) is 4.89. The molecule has 0 aliphatic heterocycles. The van der Waals surface area contributed by atoms with Crippen LogP contribution in [0.25, 0.3) is 21.7 Å². The van der Waals surface area contributed by atoms with E-state index in [1.165, 1.54) is 18.2 Å². The van der Waals surface area contributed by atoms with Crippen LogP contribution in [0.1, 0.15) is 21.6 Å². The summed E-state index contributed by atoms with van der Waals surface area (Å²) in [4.78, 5) is 23.6. The molecule has 0 saturated carbocycles. The summed E-state index contributed by atoms with van der Waals surface area (Å²) in [5.74, 6) is -2.36. The number of aromatic carboxylic acids is 1. The maximum atomic E-state index is 13.9. The van der Waals surface area contributed by atoms with Gasteiger partial charge in [0.25, 0.3) is 0 Å². The molecule has 3 aromatic carbocycles. The lowest BCUT2D eigenvalue weighted by atomic mass is 10.0. The Morgan fingerprint density at radius 2 is 1.75 bits per heavy atom. The van der Waals surface area contributed by atoms with E-state index >= 15 is 0 Å². The Kier molecular flexibility index (Phi) is 4.31. The number of carbonyl (C=O) groups is 2. The van der Waals surface area contributed by atoms with Crippen molar-refractivity contribution in [3.05, 3.63) is 83.3 Å². The minimum atomic E-state index is -1.19. The van der Waals surface area contributed by atoms with Crippen LogP contribution in [-0.4, -0.2) is 21.6 Å². The number of rotatable bonds is 5. The summed E-state index contributed by atoms with van der Waals surface area (Å²) in [6.07, 6.45) is -0.274. The Balaban J connectivity index is 1.99. The van der Waals surface area contributed by atoms with Crippen molar-refractivity contribution in [3.8, 4) is 0 Å². The fraction of sp³-hybridized carbons (Fsp3) is 0.0909. The monoisotopic (exact) mass is 376 g/mol. The maximum absolute atomic E-state index is 13.9. The van der Waals surface area contributed by atoms with Crippen LogP contribution in [0.5, 0.6) is 0 Å². The predicted octanol–water partition coefficient (Wildman–Crippen LogP) is 3.71. The highest BCUT2D eigenvalue weighted by molar-refractivity contribution is 6.01. The largest absolute Gasteiger partial charge is 0.477 e. The molecule has 140 valence electrons. The van der Waals surface area contributed by atoms with Crippen LogP contribution in [0.4, 0.5) is 4.39 Å². The number of amides is 1. The number of carboxylic acid groups (broad SMARTS) is 1. The zero-order chi connectivity index (χ0) is 19.8. The van der Waals surface area contributed by atoms with Gasteiger partial charge in [0.05, 0.1) is 6.42 Å². The van der Waals surface area contributed by atoms with Crippen LogP contribution in [0.3, 0.4) is 0 Å². The summed E-state index contributed by atoms with van der Waals surface area (Å²) in [7, 11) is 0. The SMILES string of the molecule is NC(=O)Cc1c(C(=O)O)n(Cc2cccc3ccccc23)c2ccc(F)cc12. The number of benzene rings is 3. The van der Waals surface area contributed by atoms with E-state index in [0.717, 1.165) is 16.3 Å². The van der Waals surface area contributed by atoms with E-state index in [1.54, 1.807) is 4.57 Å². The average molecular weight is 376 g/mol. The minimum Gasteiger partial charge on any atom is -0.477 e. The molecule has 6 heteroatoms. The third kappa shape index (κ3) is 2.99. The smallest absolute Gasteiger partial charge is 0.352 e. The van der Waals surface area contributed by atoms with E-state index in [4.69, 9.17) is 5.73 Å². The van der Waals surface area contributed by atoms with E-state index in [2.05, 4.69) is 0 Å². The Hall–Kier alpha value is -3.67. The second kappa shape index (κ2) is 6.81. The Labute approximate surface area is 159 Å². The molecule has 1 heterocycles. The van der Waals surface area contributed by atoms with Crippen molar-refractivity contribution in [1.29, 1.82) is 0 Å². The second-order valence-electron chi connectivity index (χ2n) is 6.66. The van der Waals surface area contributed by atoms with Crippen LogP contribution < -0.4 is 5.73 Å². The number of hydrogen-bond donors (Lipinski definition) is 2. The van der Waals surface area contributed by atoms with Crippen molar-refractivity contribution in [2.45, 2.75) is 13.0 Å². The van der Waals surface area contributed by atoms with Crippen LogP contribution in [-0.2, 0) is 17.8 Å². The Morgan fingerprint density at radius 1 is 1.00 bits per heavy atom. The topological polar surface area (TPSA) is 85.3 Å². The van der Waals surface area contributed by atoms with E-state index < -0.39 is 17.7 Å². The molecule has 1 aromatic heterocycles. The molecule has 4 aromatic rings. The zero-order valence-electron chi connectivity index (χ0n) is 14.9. The molecular weight excluding hydrogens is 359 g/mol. The molecule has 0 fully saturated rings. The molecule has 0 unspecified atom stereocenters. The summed E-state index contributed by atoms with van der Waals surface area (Å²) in [5, 5.41) is 12.3. The lowest BCUT2D eigenvalue weighted by molar-refractivity contribution is -0.117. The highest BCUT2D eigenvalue weighted by Crippen LogP contribution is 2.30. The van der Waals surface area contributed by atoms with Gasteiger partial charge in [0, 0.05) is 23.0 Å². The molecule has 4 rings (SSSR count). The Morgan fingerprint density at radius 3 is 2.50 bits per heavy atom. The van der Waals surface area contributed by atoms with Crippen molar-refractivity contribution in [2.24, 2.45) is 5.73 Å². The average Bonchev–Trinajstić information content (AvgIpc) is 2.94. The highest BCUT2D eigenvalue weighted by atomic mass is 19.1. The second-order valence-corrected chi connectivity index (χ2v) is 6.66. The van der Waals surface area contributed by atoms with E-state index in [0.29, 0.717) is 10.9 Å². The van der Waals surface area contributed by atoms with Gasteiger partial charge in [0.15, 0.2) is 0 Å². The molecule has 5 nitrogen and oxygen atoms in total. The minimum absolute atomic E-state index is 0.0488. The summed E-state index contributed by atoms with van der Waals surface area (Å²) in [6.45, 7) is 0.268. The number of fused-ring (bicyclic) bond motifs is 2. The molecule has 0 atom stereocenters.